The molecule has 0 spiro atoms. The SMILES string of the molecule is NC(CO)C(=O)[O-].[Li+]. The molecule has 1 unspecified atom stereocenters. The van der Waals surface area contributed by atoms with Gasteiger partial charge in [-0.3, -0.25) is 0 Å². The van der Waals surface area contributed by atoms with E-state index in [1.54, 1.807) is 0 Å². The Bertz CT molecular complexity index is 76.9. The number of hydrogen-bond acceptors (Lipinski definition) is 4. The van der Waals surface area contributed by atoms with Crippen molar-refractivity contribution < 1.29 is 33.9 Å². The molecule has 0 aliphatic rings. The van der Waals surface area contributed by atoms with Crippen molar-refractivity contribution in [1.29, 1.82) is 0 Å². The monoisotopic (exact) mass is 111 g/mol. The Labute approximate surface area is 58.9 Å². The van der Waals surface area contributed by atoms with Gasteiger partial charge in [-0.1, -0.05) is 0 Å². The molecule has 0 aromatic heterocycles. The third-order valence-corrected chi connectivity index (χ3v) is 0.499. The summed E-state index contributed by atoms with van der Waals surface area (Å²) in [7, 11) is 0. The van der Waals surface area contributed by atoms with Crippen molar-refractivity contribution in [3.05, 3.63) is 0 Å². The van der Waals surface area contributed by atoms with Gasteiger partial charge in [0, 0.05) is 0 Å². The predicted octanol–water partition coefficient (Wildman–Crippen LogP) is -5.94. The van der Waals surface area contributed by atoms with Crippen molar-refractivity contribution in [2.24, 2.45) is 5.73 Å². The summed E-state index contributed by atoms with van der Waals surface area (Å²) >= 11 is 0. The molecule has 0 saturated carbocycles. The number of hydrogen-bond donors (Lipinski definition) is 2. The molecule has 3 N–H and O–H groups in total. The summed E-state index contributed by atoms with van der Waals surface area (Å²) in [6, 6.07) is -1.24. The molecule has 0 amide bonds. The summed E-state index contributed by atoms with van der Waals surface area (Å²) in [4.78, 5) is 9.53. The van der Waals surface area contributed by atoms with Gasteiger partial charge in [0.05, 0.1) is 18.6 Å². The quantitative estimate of drug-likeness (QED) is 0.347. The molecule has 0 rings (SSSR count). The molecule has 0 heterocycles. The van der Waals surface area contributed by atoms with Gasteiger partial charge < -0.3 is 20.7 Å². The molecule has 5 heteroatoms. The van der Waals surface area contributed by atoms with Crippen LogP contribution in [-0.2, 0) is 4.79 Å². The summed E-state index contributed by atoms with van der Waals surface area (Å²) in [6.07, 6.45) is 0. The van der Waals surface area contributed by atoms with Crippen LogP contribution in [0.2, 0.25) is 0 Å². The molecule has 1 atom stereocenters. The van der Waals surface area contributed by atoms with E-state index in [1.165, 1.54) is 0 Å². The fourth-order valence-corrected chi connectivity index (χ4v) is 0.0745. The zero-order chi connectivity index (χ0) is 5.86. The minimum atomic E-state index is -1.43. The Kier molecular flexibility index (Phi) is 6.98. The van der Waals surface area contributed by atoms with E-state index in [9.17, 15) is 9.90 Å². The second-order valence-corrected chi connectivity index (χ2v) is 1.11. The van der Waals surface area contributed by atoms with E-state index in [0.29, 0.717) is 0 Å². The Morgan fingerprint density at radius 1 is 1.88 bits per heavy atom. The molecule has 0 aromatic rings. The standard InChI is InChI=1S/C3H7NO3.Li/c4-2(1-5)3(6)7;/h2,5H,1,4H2,(H,6,7);/q;+1/p-1. The van der Waals surface area contributed by atoms with Gasteiger partial charge in [0.25, 0.3) is 0 Å². The van der Waals surface area contributed by atoms with E-state index < -0.39 is 18.6 Å². The van der Waals surface area contributed by atoms with Crippen molar-refractivity contribution in [3.63, 3.8) is 0 Å². The van der Waals surface area contributed by atoms with Crippen LogP contribution in [0, 0.1) is 0 Å². The first kappa shape index (κ1) is 10.9. The number of aliphatic carboxylic acids is 1. The first-order valence-corrected chi connectivity index (χ1v) is 1.75. The zero-order valence-corrected chi connectivity index (χ0v) is 4.63. The minimum absolute atomic E-state index is 0. The van der Waals surface area contributed by atoms with Crippen LogP contribution in [0.4, 0.5) is 0 Å². The van der Waals surface area contributed by atoms with E-state index in [-0.39, 0.29) is 18.9 Å². The van der Waals surface area contributed by atoms with Gasteiger partial charge in [0.1, 0.15) is 0 Å². The Morgan fingerprint density at radius 3 is 2.25 bits per heavy atom. The number of carbonyl (C=O) groups excluding carboxylic acids is 1. The van der Waals surface area contributed by atoms with Crippen LogP contribution in [0.25, 0.3) is 0 Å². The van der Waals surface area contributed by atoms with E-state index in [0.717, 1.165) is 0 Å². The molecule has 0 radical (unpaired) electrons. The molecule has 4 nitrogen and oxygen atoms in total. The van der Waals surface area contributed by atoms with Crippen LogP contribution in [0.1, 0.15) is 0 Å². The first-order chi connectivity index (χ1) is 3.18. The van der Waals surface area contributed by atoms with Crippen molar-refractivity contribution in [3.8, 4) is 0 Å². The largest absolute Gasteiger partial charge is 1.00 e. The van der Waals surface area contributed by atoms with Gasteiger partial charge in [-0.25, -0.2) is 0 Å². The van der Waals surface area contributed by atoms with Gasteiger partial charge in [0.15, 0.2) is 0 Å². The van der Waals surface area contributed by atoms with Crippen LogP contribution in [0.15, 0.2) is 0 Å². The van der Waals surface area contributed by atoms with Crippen molar-refractivity contribution in [1.82, 2.24) is 0 Å². The summed E-state index contributed by atoms with van der Waals surface area (Å²) < 4.78 is 0. The molecule has 42 valence electrons. The summed E-state index contributed by atoms with van der Waals surface area (Å²) in [5, 5.41) is 17.5. The van der Waals surface area contributed by atoms with Crippen LogP contribution >= 0.6 is 0 Å². The van der Waals surface area contributed by atoms with Gasteiger partial charge in [-0.15, -0.1) is 0 Å². The molecular weight excluding hydrogens is 105 g/mol. The van der Waals surface area contributed by atoms with Gasteiger partial charge in [-0.2, -0.15) is 0 Å². The number of carboxylic acids is 1. The maximum absolute atomic E-state index is 9.53. The smallest absolute Gasteiger partial charge is 0.548 e. The zero-order valence-electron chi connectivity index (χ0n) is 4.63. The first-order valence-electron chi connectivity index (χ1n) is 1.75. The average molecular weight is 111 g/mol. The van der Waals surface area contributed by atoms with E-state index in [1.807, 2.05) is 0 Å². The molecule has 0 aliphatic heterocycles. The Balaban J connectivity index is 0. The number of nitrogens with two attached hydrogens (primary N) is 1. The summed E-state index contributed by atoms with van der Waals surface area (Å²) in [5.74, 6) is -1.43. The second-order valence-electron chi connectivity index (χ2n) is 1.11. The Morgan fingerprint density at radius 2 is 2.25 bits per heavy atom. The number of aliphatic hydroxyl groups excluding tert-OH is 1. The maximum Gasteiger partial charge on any atom is 1.00 e. The maximum atomic E-state index is 9.53. The van der Waals surface area contributed by atoms with E-state index in [2.05, 4.69) is 0 Å². The molecule has 0 saturated heterocycles. The molecule has 0 fully saturated rings. The third kappa shape index (κ3) is 4.15. The Hall–Kier alpha value is -0.0126. The fourth-order valence-electron chi connectivity index (χ4n) is 0.0745. The number of rotatable bonds is 2. The molecule has 0 aromatic carbocycles. The molecule has 0 aliphatic carbocycles. The van der Waals surface area contributed by atoms with E-state index in [4.69, 9.17) is 10.8 Å². The summed E-state index contributed by atoms with van der Waals surface area (Å²) in [5.41, 5.74) is 4.70. The van der Waals surface area contributed by atoms with Crippen LogP contribution in [-0.4, -0.2) is 23.7 Å². The van der Waals surface area contributed by atoms with Crippen molar-refractivity contribution >= 4 is 5.97 Å². The number of aliphatic hydroxyl groups is 1. The van der Waals surface area contributed by atoms with Gasteiger partial charge in [-0.05, 0) is 0 Å². The molecular formula is C3H6LiNO3. The van der Waals surface area contributed by atoms with Crippen LogP contribution in [0.5, 0.6) is 0 Å². The van der Waals surface area contributed by atoms with Gasteiger partial charge in [0.2, 0.25) is 0 Å². The van der Waals surface area contributed by atoms with E-state index >= 15 is 0 Å². The average Bonchev–Trinajstić information content (AvgIpc) is 1.65. The molecule has 0 bridgehead atoms. The topological polar surface area (TPSA) is 86.4 Å². The number of carbonyl (C=O) groups is 1. The molecule has 8 heavy (non-hydrogen) atoms. The third-order valence-electron chi connectivity index (χ3n) is 0.499. The van der Waals surface area contributed by atoms with Gasteiger partial charge >= 0.3 is 18.9 Å². The number of carboxylic acid groups (broad SMARTS) is 1. The van der Waals surface area contributed by atoms with Crippen LogP contribution in [0.3, 0.4) is 0 Å². The van der Waals surface area contributed by atoms with Crippen molar-refractivity contribution in [2.75, 3.05) is 6.61 Å². The normalized spacial score (nSPS) is 11.8. The minimum Gasteiger partial charge on any atom is -0.548 e. The predicted molar refractivity (Wildman–Crippen MR) is 20.1 cm³/mol. The second kappa shape index (κ2) is 5.13. The fraction of sp³-hybridized carbons (Fsp3) is 0.667. The van der Waals surface area contributed by atoms with Crippen molar-refractivity contribution in [2.45, 2.75) is 6.04 Å². The summed E-state index contributed by atoms with van der Waals surface area (Å²) in [6.45, 7) is -0.567. The van der Waals surface area contributed by atoms with Crippen LogP contribution < -0.4 is 29.7 Å².